The van der Waals surface area contributed by atoms with Gasteiger partial charge in [-0.25, -0.2) is 0 Å². The number of carbonyl (C=O) groups is 2. The van der Waals surface area contributed by atoms with Gasteiger partial charge in [0.1, 0.15) is 0 Å². The summed E-state index contributed by atoms with van der Waals surface area (Å²) in [6, 6.07) is 11.3. The van der Waals surface area contributed by atoms with Crippen LogP contribution in [-0.2, 0) is 4.79 Å². The van der Waals surface area contributed by atoms with Gasteiger partial charge >= 0.3 is 0 Å². The first-order chi connectivity index (χ1) is 12.9. The molecule has 1 aliphatic rings. The van der Waals surface area contributed by atoms with Crippen LogP contribution >= 0.6 is 11.3 Å². The maximum absolute atomic E-state index is 13.3. The van der Waals surface area contributed by atoms with Crippen molar-refractivity contribution >= 4 is 23.2 Å². The minimum atomic E-state index is -0.393. The third-order valence-electron chi connectivity index (χ3n) is 4.80. The largest absolute Gasteiger partial charge is 0.355 e. The van der Waals surface area contributed by atoms with Crippen molar-refractivity contribution in [2.24, 2.45) is 11.8 Å². The Hall–Kier alpha value is -2.14. The number of benzene rings is 1. The molecule has 2 atom stereocenters. The van der Waals surface area contributed by atoms with Crippen LogP contribution in [0.3, 0.4) is 0 Å². The van der Waals surface area contributed by atoms with Gasteiger partial charge in [0.2, 0.25) is 5.91 Å². The summed E-state index contributed by atoms with van der Waals surface area (Å²) < 4.78 is 0. The van der Waals surface area contributed by atoms with Crippen LogP contribution in [0.15, 0.2) is 41.8 Å². The van der Waals surface area contributed by atoms with Crippen LogP contribution in [0.4, 0.5) is 0 Å². The molecule has 4 nitrogen and oxygen atoms in total. The summed E-state index contributed by atoms with van der Waals surface area (Å²) in [6.07, 6.45) is 0. The summed E-state index contributed by atoms with van der Waals surface area (Å²) in [7, 11) is 0. The van der Waals surface area contributed by atoms with E-state index < -0.39 is 5.92 Å². The molecule has 1 aromatic carbocycles. The molecule has 2 aromatic rings. The van der Waals surface area contributed by atoms with Gasteiger partial charge in [0.15, 0.2) is 0 Å². The van der Waals surface area contributed by atoms with E-state index in [1.165, 1.54) is 0 Å². The Labute approximate surface area is 165 Å². The summed E-state index contributed by atoms with van der Waals surface area (Å²) in [4.78, 5) is 29.5. The summed E-state index contributed by atoms with van der Waals surface area (Å²) in [6.45, 7) is 9.64. The Morgan fingerprint density at radius 2 is 1.85 bits per heavy atom. The number of rotatable bonds is 6. The van der Waals surface area contributed by atoms with Crippen LogP contribution in [0.5, 0.6) is 0 Å². The zero-order valence-corrected chi connectivity index (χ0v) is 17.3. The second-order valence-electron chi connectivity index (χ2n) is 8.02. The van der Waals surface area contributed by atoms with Crippen LogP contribution in [0, 0.1) is 11.8 Å². The van der Waals surface area contributed by atoms with Crippen LogP contribution in [-0.4, -0.2) is 29.8 Å². The lowest BCUT2D eigenvalue weighted by Crippen LogP contribution is -2.48. The Bertz CT molecular complexity index is 798. The van der Waals surface area contributed by atoms with Crippen molar-refractivity contribution in [2.75, 3.05) is 13.1 Å². The van der Waals surface area contributed by atoms with Gasteiger partial charge in [-0.15, -0.1) is 11.3 Å². The van der Waals surface area contributed by atoms with Gasteiger partial charge in [0.05, 0.1) is 12.0 Å². The highest BCUT2D eigenvalue weighted by molar-refractivity contribution is 7.10. The maximum atomic E-state index is 13.3. The molecule has 27 heavy (non-hydrogen) atoms. The number of thiophene rings is 1. The fraction of sp³-hybridized carbons (Fsp3) is 0.455. The van der Waals surface area contributed by atoms with Crippen molar-refractivity contribution in [1.82, 2.24) is 10.2 Å². The monoisotopic (exact) mass is 384 g/mol. The van der Waals surface area contributed by atoms with Crippen molar-refractivity contribution in [3.05, 3.63) is 57.8 Å². The molecular formula is C22H28N2O2S. The molecule has 0 saturated carbocycles. The SMILES string of the molecule is CC(C)CNC(=O)[C@@H]1c2ccccc2C(=O)N(CC(C)C)[C@@H]1c1cccs1. The Morgan fingerprint density at radius 3 is 2.48 bits per heavy atom. The van der Waals surface area contributed by atoms with Gasteiger partial charge in [-0.3, -0.25) is 9.59 Å². The highest BCUT2D eigenvalue weighted by Gasteiger charge is 2.44. The average Bonchev–Trinajstić information content (AvgIpc) is 3.15. The fourth-order valence-electron chi connectivity index (χ4n) is 3.66. The zero-order chi connectivity index (χ0) is 19.6. The first-order valence-corrected chi connectivity index (χ1v) is 10.5. The molecule has 3 rings (SSSR count). The summed E-state index contributed by atoms with van der Waals surface area (Å²) in [5.74, 6) is 0.318. The molecule has 0 unspecified atom stereocenters. The number of nitrogens with zero attached hydrogens (tertiary/aromatic N) is 1. The van der Waals surface area contributed by atoms with Gasteiger partial charge in [-0.05, 0) is 34.9 Å². The summed E-state index contributed by atoms with van der Waals surface area (Å²) in [5, 5.41) is 5.11. The van der Waals surface area contributed by atoms with E-state index in [9.17, 15) is 9.59 Å². The number of amides is 2. The van der Waals surface area contributed by atoms with Crippen LogP contribution < -0.4 is 5.32 Å². The standard InChI is InChI=1S/C22H28N2O2S/c1-14(2)12-23-21(25)19-16-8-5-6-9-17(16)22(26)24(13-15(3)4)20(19)18-10-7-11-27-18/h5-11,14-15,19-20H,12-13H2,1-4H3,(H,23,25)/t19-,20-/m1/s1. The molecule has 0 saturated heterocycles. The molecule has 0 radical (unpaired) electrons. The van der Waals surface area contributed by atoms with E-state index in [0.29, 0.717) is 30.5 Å². The molecule has 144 valence electrons. The molecule has 0 fully saturated rings. The third kappa shape index (κ3) is 4.08. The molecule has 0 aliphatic carbocycles. The van der Waals surface area contributed by atoms with Crippen LogP contribution in [0.2, 0.25) is 0 Å². The number of carbonyl (C=O) groups excluding carboxylic acids is 2. The quantitative estimate of drug-likeness (QED) is 0.799. The number of fused-ring (bicyclic) bond motifs is 1. The van der Waals surface area contributed by atoms with Gasteiger partial charge in [-0.2, -0.15) is 0 Å². The second kappa shape index (κ2) is 8.26. The molecule has 0 bridgehead atoms. The first kappa shape index (κ1) is 19.6. The predicted octanol–water partition coefficient (Wildman–Crippen LogP) is 4.46. The third-order valence-corrected chi connectivity index (χ3v) is 5.75. The molecule has 1 aliphatic heterocycles. The summed E-state index contributed by atoms with van der Waals surface area (Å²) >= 11 is 1.61. The van der Waals surface area contributed by atoms with Crippen LogP contribution in [0.25, 0.3) is 0 Å². The van der Waals surface area contributed by atoms with E-state index in [1.807, 2.05) is 46.7 Å². The van der Waals surface area contributed by atoms with E-state index in [2.05, 4.69) is 33.0 Å². The summed E-state index contributed by atoms with van der Waals surface area (Å²) in [5.41, 5.74) is 1.48. The van der Waals surface area contributed by atoms with Crippen molar-refractivity contribution in [3.63, 3.8) is 0 Å². The molecule has 1 N–H and O–H groups in total. The van der Waals surface area contributed by atoms with Crippen molar-refractivity contribution in [1.29, 1.82) is 0 Å². The molecule has 2 amide bonds. The Morgan fingerprint density at radius 1 is 1.11 bits per heavy atom. The molecule has 1 aromatic heterocycles. The molecule has 0 spiro atoms. The van der Waals surface area contributed by atoms with Crippen LogP contribution in [0.1, 0.15) is 60.5 Å². The lowest BCUT2D eigenvalue weighted by molar-refractivity contribution is -0.124. The fourth-order valence-corrected chi connectivity index (χ4v) is 4.53. The molecule has 5 heteroatoms. The smallest absolute Gasteiger partial charge is 0.254 e. The Balaban J connectivity index is 2.10. The van der Waals surface area contributed by atoms with Crippen molar-refractivity contribution in [3.8, 4) is 0 Å². The van der Waals surface area contributed by atoms with Gasteiger partial charge in [0, 0.05) is 23.5 Å². The Kier molecular flexibility index (Phi) is 6.00. The van der Waals surface area contributed by atoms with Gasteiger partial charge in [-0.1, -0.05) is 52.0 Å². The average molecular weight is 385 g/mol. The van der Waals surface area contributed by atoms with E-state index >= 15 is 0 Å². The number of hydrogen-bond donors (Lipinski definition) is 1. The lowest BCUT2D eigenvalue weighted by atomic mass is 9.81. The van der Waals surface area contributed by atoms with E-state index in [-0.39, 0.29) is 17.9 Å². The first-order valence-electron chi connectivity index (χ1n) is 9.61. The van der Waals surface area contributed by atoms with Gasteiger partial charge in [0.25, 0.3) is 5.91 Å². The number of nitrogens with one attached hydrogen (secondary N) is 1. The van der Waals surface area contributed by atoms with Gasteiger partial charge < -0.3 is 10.2 Å². The van der Waals surface area contributed by atoms with Crippen molar-refractivity contribution in [2.45, 2.75) is 39.7 Å². The van der Waals surface area contributed by atoms with E-state index in [4.69, 9.17) is 0 Å². The molecular weight excluding hydrogens is 356 g/mol. The van der Waals surface area contributed by atoms with E-state index in [0.717, 1.165) is 10.4 Å². The zero-order valence-electron chi connectivity index (χ0n) is 16.4. The predicted molar refractivity (Wildman–Crippen MR) is 110 cm³/mol. The highest BCUT2D eigenvalue weighted by atomic mass is 32.1. The molecule has 2 heterocycles. The minimum absolute atomic E-state index is 0.00388. The maximum Gasteiger partial charge on any atom is 0.254 e. The second-order valence-corrected chi connectivity index (χ2v) is 8.99. The highest BCUT2D eigenvalue weighted by Crippen LogP contribution is 2.44. The number of hydrogen-bond acceptors (Lipinski definition) is 3. The lowest BCUT2D eigenvalue weighted by Gasteiger charge is -2.42. The normalized spacial score (nSPS) is 19.5. The van der Waals surface area contributed by atoms with E-state index in [1.54, 1.807) is 11.3 Å². The topological polar surface area (TPSA) is 49.4 Å². The minimum Gasteiger partial charge on any atom is -0.355 e. The van der Waals surface area contributed by atoms with Crippen molar-refractivity contribution < 1.29 is 9.59 Å².